The molecule has 0 aliphatic heterocycles. The molecule has 0 fully saturated rings. The molecule has 1 atom stereocenters. The van der Waals surface area contributed by atoms with Gasteiger partial charge in [-0.15, -0.1) is 0 Å². The molecule has 0 spiro atoms. The minimum absolute atomic E-state index is 0.347. The third kappa shape index (κ3) is 3.70. The number of anilines is 2. The van der Waals surface area contributed by atoms with Gasteiger partial charge in [0.1, 0.15) is 18.0 Å². The van der Waals surface area contributed by atoms with E-state index in [2.05, 4.69) is 51.3 Å². The first kappa shape index (κ1) is 14.8. The lowest BCUT2D eigenvalue weighted by Crippen LogP contribution is -2.20. The van der Waals surface area contributed by atoms with Crippen molar-refractivity contribution in [3.05, 3.63) is 34.3 Å². The Morgan fingerprint density at radius 1 is 1.30 bits per heavy atom. The number of nitrogens with zero attached hydrogens (tertiary/aromatic N) is 2. The molecule has 2 aromatic heterocycles. The van der Waals surface area contributed by atoms with Crippen molar-refractivity contribution in [3.8, 4) is 0 Å². The normalized spacial score (nSPS) is 12.2. The van der Waals surface area contributed by atoms with Crippen molar-refractivity contribution in [2.75, 3.05) is 17.7 Å². The van der Waals surface area contributed by atoms with E-state index in [1.165, 1.54) is 11.1 Å². The molecule has 1 unspecified atom stereocenters. The first-order valence-electron chi connectivity index (χ1n) is 7.03. The van der Waals surface area contributed by atoms with Crippen molar-refractivity contribution in [1.82, 2.24) is 9.97 Å². The maximum Gasteiger partial charge on any atom is 0.134 e. The number of nitrogens with one attached hydrogen (secondary N) is 2. The minimum Gasteiger partial charge on any atom is -0.373 e. The Bertz CT molecular complexity index is 525. The summed E-state index contributed by atoms with van der Waals surface area (Å²) < 4.78 is 0. The van der Waals surface area contributed by atoms with E-state index in [1.807, 2.05) is 7.05 Å². The smallest absolute Gasteiger partial charge is 0.134 e. The van der Waals surface area contributed by atoms with Crippen LogP contribution < -0.4 is 10.6 Å². The van der Waals surface area contributed by atoms with Gasteiger partial charge < -0.3 is 10.6 Å². The zero-order chi connectivity index (χ0) is 14.4. The summed E-state index contributed by atoms with van der Waals surface area (Å²) in [5.41, 5.74) is 2.55. The molecule has 4 nitrogen and oxygen atoms in total. The quantitative estimate of drug-likeness (QED) is 0.818. The monoisotopic (exact) mass is 290 g/mol. The molecule has 0 saturated carbocycles. The van der Waals surface area contributed by atoms with Gasteiger partial charge >= 0.3 is 0 Å². The number of hydrogen-bond acceptors (Lipinski definition) is 5. The largest absolute Gasteiger partial charge is 0.373 e. The molecule has 0 radical (unpaired) electrons. The Morgan fingerprint density at radius 3 is 2.75 bits per heavy atom. The van der Waals surface area contributed by atoms with Crippen molar-refractivity contribution in [2.24, 2.45) is 0 Å². The molecule has 2 N–H and O–H groups in total. The van der Waals surface area contributed by atoms with Gasteiger partial charge in [0.05, 0.1) is 0 Å². The van der Waals surface area contributed by atoms with Crippen LogP contribution in [0.5, 0.6) is 0 Å². The van der Waals surface area contributed by atoms with Crippen LogP contribution in [0.4, 0.5) is 11.6 Å². The predicted octanol–water partition coefficient (Wildman–Crippen LogP) is 3.58. The van der Waals surface area contributed by atoms with Crippen LogP contribution in [0.2, 0.25) is 0 Å². The van der Waals surface area contributed by atoms with Gasteiger partial charge in [0.2, 0.25) is 0 Å². The van der Waals surface area contributed by atoms with Crippen LogP contribution in [0.1, 0.15) is 31.4 Å². The third-order valence-electron chi connectivity index (χ3n) is 3.19. The topological polar surface area (TPSA) is 49.8 Å². The van der Waals surface area contributed by atoms with Crippen LogP contribution >= 0.6 is 11.3 Å². The Labute approximate surface area is 124 Å². The minimum atomic E-state index is 0.347. The maximum absolute atomic E-state index is 4.42. The second-order valence-corrected chi connectivity index (χ2v) is 5.71. The van der Waals surface area contributed by atoms with Gasteiger partial charge in [-0.2, -0.15) is 11.3 Å². The second kappa shape index (κ2) is 7.24. The molecule has 0 bridgehead atoms. The van der Waals surface area contributed by atoms with Crippen LogP contribution in [-0.2, 0) is 12.8 Å². The highest BCUT2D eigenvalue weighted by molar-refractivity contribution is 7.07. The first-order valence-corrected chi connectivity index (χ1v) is 7.98. The lowest BCUT2D eigenvalue weighted by molar-refractivity contribution is 0.778. The van der Waals surface area contributed by atoms with Gasteiger partial charge in [0, 0.05) is 18.7 Å². The van der Waals surface area contributed by atoms with E-state index in [0.29, 0.717) is 6.04 Å². The van der Waals surface area contributed by atoms with E-state index in [9.17, 15) is 0 Å². The predicted molar refractivity (Wildman–Crippen MR) is 86.7 cm³/mol. The zero-order valence-electron chi connectivity index (χ0n) is 12.3. The highest BCUT2D eigenvalue weighted by atomic mass is 32.1. The first-order chi connectivity index (χ1) is 9.74. The number of aromatic nitrogens is 2. The zero-order valence-corrected chi connectivity index (χ0v) is 13.1. The van der Waals surface area contributed by atoms with E-state index >= 15 is 0 Å². The Hall–Kier alpha value is -1.62. The van der Waals surface area contributed by atoms with E-state index in [-0.39, 0.29) is 0 Å². The molecule has 0 aliphatic rings. The van der Waals surface area contributed by atoms with Gasteiger partial charge in [0.25, 0.3) is 0 Å². The number of hydrogen-bond donors (Lipinski definition) is 2. The molecular formula is C15H22N4S. The fourth-order valence-corrected chi connectivity index (χ4v) is 2.97. The standard InChI is InChI=1S/C15H22N4S/c1-4-5-13-14(16-3)17-10-18-15(13)19-11(2)8-12-6-7-20-9-12/h6-7,9-11H,4-5,8H2,1-3H3,(H2,16,17,18,19). The summed E-state index contributed by atoms with van der Waals surface area (Å²) in [5, 5.41) is 11.0. The summed E-state index contributed by atoms with van der Waals surface area (Å²) in [6.07, 6.45) is 4.68. The second-order valence-electron chi connectivity index (χ2n) is 4.93. The van der Waals surface area contributed by atoms with Crippen molar-refractivity contribution in [1.29, 1.82) is 0 Å². The van der Waals surface area contributed by atoms with E-state index in [0.717, 1.165) is 30.9 Å². The summed E-state index contributed by atoms with van der Waals surface area (Å²) in [4.78, 5) is 8.71. The lowest BCUT2D eigenvalue weighted by Gasteiger charge is -2.18. The maximum atomic E-state index is 4.42. The van der Waals surface area contributed by atoms with Crippen LogP contribution in [0.15, 0.2) is 23.2 Å². The summed E-state index contributed by atoms with van der Waals surface area (Å²) in [7, 11) is 1.90. The Balaban J connectivity index is 2.11. The molecule has 2 heterocycles. The molecule has 0 aromatic carbocycles. The third-order valence-corrected chi connectivity index (χ3v) is 3.92. The van der Waals surface area contributed by atoms with Crippen molar-refractivity contribution >= 4 is 23.0 Å². The molecule has 0 aliphatic carbocycles. The van der Waals surface area contributed by atoms with Crippen LogP contribution in [-0.4, -0.2) is 23.1 Å². The fourth-order valence-electron chi connectivity index (χ4n) is 2.29. The van der Waals surface area contributed by atoms with Crippen LogP contribution in [0.3, 0.4) is 0 Å². The molecule has 2 rings (SSSR count). The number of thiophene rings is 1. The molecule has 0 amide bonds. The summed E-state index contributed by atoms with van der Waals surface area (Å²) in [6.45, 7) is 4.36. The van der Waals surface area contributed by atoms with Gasteiger partial charge in [0.15, 0.2) is 0 Å². The summed E-state index contributed by atoms with van der Waals surface area (Å²) >= 11 is 1.74. The van der Waals surface area contributed by atoms with E-state index in [1.54, 1.807) is 17.7 Å². The SMILES string of the molecule is CCCc1c(NC)ncnc1NC(C)Cc1ccsc1. The Morgan fingerprint density at radius 2 is 2.10 bits per heavy atom. The molecule has 0 saturated heterocycles. The van der Waals surface area contributed by atoms with Gasteiger partial charge in [-0.05, 0) is 42.2 Å². The van der Waals surface area contributed by atoms with E-state index in [4.69, 9.17) is 0 Å². The molecular weight excluding hydrogens is 268 g/mol. The van der Waals surface area contributed by atoms with Crippen molar-refractivity contribution in [2.45, 2.75) is 39.2 Å². The molecule has 108 valence electrons. The van der Waals surface area contributed by atoms with Gasteiger partial charge in [-0.1, -0.05) is 13.3 Å². The van der Waals surface area contributed by atoms with E-state index < -0.39 is 0 Å². The van der Waals surface area contributed by atoms with Crippen molar-refractivity contribution in [3.63, 3.8) is 0 Å². The lowest BCUT2D eigenvalue weighted by atomic mass is 10.1. The number of rotatable bonds is 7. The highest BCUT2D eigenvalue weighted by Crippen LogP contribution is 2.22. The van der Waals surface area contributed by atoms with Gasteiger partial charge in [-0.25, -0.2) is 9.97 Å². The summed E-state index contributed by atoms with van der Waals surface area (Å²) in [6, 6.07) is 2.52. The molecule has 20 heavy (non-hydrogen) atoms. The molecule has 2 aromatic rings. The molecule has 5 heteroatoms. The average molecular weight is 290 g/mol. The summed E-state index contributed by atoms with van der Waals surface area (Å²) in [5.74, 6) is 1.88. The Kier molecular flexibility index (Phi) is 5.35. The van der Waals surface area contributed by atoms with Crippen LogP contribution in [0, 0.1) is 0 Å². The fraction of sp³-hybridized carbons (Fsp3) is 0.467. The highest BCUT2D eigenvalue weighted by Gasteiger charge is 2.12. The van der Waals surface area contributed by atoms with Crippen molar-refractivity contribution < 1.29 is 0 Å². The van der Waals surface area contributed by atoms with Gasteiger partial charge in [-0.3, -0.25) is 0 Å². The average Bonchev–Trinajstić information content (AvgIpc) is 2.93. The van der Waals surface area contributed by atoms with Crippen LogP contribution in [0.25, 0.3) is 0 Å².